The van der Waals surface area contributed by atoms with Crippen molar-refractivity contribution < 1.29 is 4.79 Å². The first-order chi connectivity index (χ1) is 13.1. The zero-order valence-corrected chi connectivity index (χ0v) is 15.4. The van der Waals surface area contributed by atoms with E-state index in [0.717, 1.165) is 21.9 Å². The molecule has 1 amide bonds. The van der Waals surface area contributed by atoms with Crippen molar-refractivity contribution in [3.63, 3.8) is 0 Å². The number of carbonyl (C=O) groups excluding carboxylic acids is 1. The van der Waals surface area contributed by atoms with Gasteiger partial charge in [-0.25, -0.2) is 4.98 Å². The summed E-state index contributed by atoms with van der Waals surface area (Å²) in [7, 11) is 0. The van der Waals surface area contributed by atoms with Crippen LogP contribution in [0.5, 0.6) is 0 Å². The number of pyridine rings is 2. The molecule has 27 heavy (non-hydrogen) atoms. The molecule has 5 rings (SSSR count). The van der Waals surface area contributed by atoms with Crippen molar-refractivity contribution in [3.8, 4) is 0 Å². The highest BCUT2D eigenvalue weighted by atomic mass is 16.2. The van der Waals surface area contributed by atoms with E-state index in [0.29, 0.717) is 24.3 Å². The Morgan fingerprint density at radius 2 is 1.89 bits per heavy atom. The number of imidazole rings is 1. The Bertz CT molecular complexity index is 1170. The summed E-state index contributed by atoms with van der Waals surface area (Å²) in [5, 5.41) is 4.42. The van der Waals surface area contributed by atoms with Gasteiger partial charge in [0.15, 0.2) is 5.65 Å². The van der Waals surface area contributed by atoms with E-state index in [1.54, 1.807) is 6.20 Å². The lowest BCUT2D eigenvalue weighted by Crippen LogP contribution is -2.55. The smallest absolute Gasteiger partial charge is 0.257 e. The molecule has 0 unspecified atom stereocenters. The Kier molecular flexibility index (Phi) is 3.62. The van der Waals surface area contributed by atoms with Gasteiger partial charge in [-0.1, -0.05) is 12.1 Å². The zero-order valence-electron chi connectivity index (χ0n) is 15.4. The fourth-order valence-electron chi connectivity index (χ4n) is 4.21. The number of piperazine rings is 1. The predicted octanol–water partition coefficient (Wildman–Crippen LogP) is 2.86. The lowest BCUT2D eigenvalue weighted by molar-refractivity contribution is 0.0675. The number of rotatable bonds is 1. The predicted molar refractivity (Wildman–Crippen MR) is 106 cm³/mol. The van der Waals surface area contributed by atoms with Crippen molar-refractivity contribution in [2.45, 2.75) is 25.9 Å². The van der Waals surface area contributed by atoms with Gasteiger partial charge in [-0.3, -0.25) is 14.2 Å². The van der Waals surface area contributed by atoms with E-state index in [1.807, 2.05) is 47.5 Å². The van der Waals surface area contributed by atoms with Gasteiger partial charge >= 0.3 is 0 Å². The van der Waals surface area contributed by atoms with Gasteiger partial charge in [0.25, 0.3) is 5.91 Å². The minimum absolute atomic E-state index is 0.0289. The monoisotopic (exact) mass is 359 g/mol. The van der Waals surface area contributed by atoms with Crippen LogP contribution in [-0.4, -0.2) is 50.3 Å². The number of hydrogen-bond acceptors (Lipinski definition) is 4. The van der Waals surface area contributed by atoms with Crippen LogP contribution in [0.4, 0.5) is 0 Å². The summed E-state index contributed by atoms with van der Waals surface area (Å²) in [6.07, 6.45) is 3.58. The van der Waals surface area contributed by atoms with Gasteiger partial charge in [0.05, 0.1) is 22.1 Å². The molecule has 1 fully saturated rings. The molecule has 6 nitrogen and oxygen atoms in total. The summed E-state index contributed by atoms with van der Waals surface area (Å²) < 4.78 is 2.08. The molecule has 136 valence electrons. The third kappa shape index (κ3) is 2.56. The Morgan fingerprint density at radius 1 is 1.11 bits per heavy atom. The van der Waals surface area contributed by atoms with Gasteiger partial charge < -0.3 is 10.2 Å². The molecule has 0 bridgehead atoms. The number of fused-ring (bicyclic) bond motifs is 5. The second-order valence-corrected chi connectivity index (χ2v) is 7.43. The molecule has 1 aliphatic heterocycles. The summed E-state index contributed by atoms with van der Waals surface area (Å²) in [5.74, 6) is 0.0289. The highest BCUT2D eigenvalue weighted by Gasteiger charge is 2.28. The zero-order chi connectivity index (χ0) is 18.5. The molecular weight excluding hydrogens is 338 g/mol. The van der Waals surface area contributed by atoms with Gasteiger partial charge in [0, 0.05) is 43.0 Å². The fourth-order valence-corrected chi connectivity index (χ4v) is 4.21. The van der Waals surface area contributed by atoms with Crippen LogP contribution in [0.2, 0.25) is 0 Å². The van der Waals surface area contributed by atoms with Gasteiger partial charge in [-0.15, -0.1) is 0 Å². The van der Waals surface area contributed by atoms with Crippen LogP contribution in [0.25, 0.3) is 27.6 Å². The maximum atomic E-state index is 13.4. The van der Waals surface area contributed by atoms with E-state index in [4.69, 9.17) is 4.98 Å². The Labute approximate surface area is 156 Å². The van der Waals surface area contributed by atoms with Gasteiger partial charge in [0.1, 0.15) is 0 Å². The van der Waals surface area contributed by atoms with Crippen LogP contribution in [-0.2, 0) is 0 Å². The highest BCUT2D eigenvalue weighted by Crippen LogP contribution is 2.27. The molecule has 0 radical (unpaired) electrons. The molecule has 0 saturated carbocycles. The number of carbonyl (C=O) groups is 1. The van der Waals surface area contributed by atoms with E-state index in [2.05, 4.69) is 28.5 Å². The van der Waals surface area contributed by atoms with E-state index in [1.165, 1.54) is 0 Å². The SMILES string of the molecule is C[C@@H]1CN(C(=O)c2cc3cnccc3n3c2nc2ccccc23)C[C@H](C)N1. The molecule has 1 aliphatic rings. The lowest BCUT2D eigenvalue weighted by atomic mass is 10.1. The average Bonchev–Trinajstić information content (AvgIpc) is 3.06. The fraction of sp³-hybridized carbons (Fsp3) is 0.286. The molecule has 0 spiro atoms. The van der Waals surface area contributed by atoms with Crippen molar-refractivity contribution in [3.05, 3.63) is 54.4 Å². The molecule has 1 aromatic carbocycles. The summed E-state index contributed by atoms with van der Waals surface area (Å²) in [5.41, 5.74) is 4.23. The second-order valence-electron chi connectivity index (χ2n) is 7.43. The standard InChI is InChI=1S/C21H21N5O/c1-13-11-25(12-14(2)23-13)21(27)16-9-15-10-22-8-7-18(15)26-19-6-4-3-5-17(19)24-20(16)26/h3-10,13-14,23H,11-12H2,1-2H3/t13-,14+. The molecule has 4 heterocycles. The van der Waals surface area contributed by atoms with Crippen LogP contribution in [0.15, 0.2) is 48.8 Å². The molecule has 1 N–H and O–H groups in total. The highest BCUT2D eigenvalue weighted by molar-refractivity contribution is 6.06. The number of para-hydroxylation sites is 2. The first-order valence-corrected chi connectivity index (χ1v) is 9.31. The number of amides is 1. The Balaban J connectivity index is 1.77. The quantitative estimate of drug-likeness (QED) is 0.568. The maximum Gasteiger partial charge on any atom is 0.257 e. The number of nitrogens with one attached hydrogen (secondary N) is 1. The lowest BCUT2D eigenvalue weighted by Gasteiger charge is -2.36. The van der Waals surface area contributed by atoms with Crippen LogP contribution < -0.4 is 5.32 Å². The third-order valence-corrected chi connectivity index (χ3v) is 5.25. The molecule has 0 aliphatic carbocycles. The summed E-state index contributed by atoms with van der Waals surface area (Å²) >= 11 is 0. The largest absolute Gasteiger partial charge is 0.335 e. The minimum atomic E-state index is 0.0289. The topological polar surface area (TPSA) is 62.5 Å². The molecule has 6 heteroatoms. The maximum absolute atomic E-state index is 13.4. The van der Waals surface area contributed by atoms with E-state index in [9.17, 15) is 4.79 Å². The van der Waals surface area contributed by atoms with Crippen molar-refractivity contribution in [2.24, 2.45) is 0 Å². The van der Waals surface area contributed by atoms with Crippen molar-refractivity contribution in [2.75, 3.05) is 13.1 Å². The first-order valence-electron chi connectivity index (χ1n) is 9.31. The average molecular weight is 359 g/mol. The van der Waals surface area contributed by atoms with Crippen molar-refractivity contribution in [1.82, 2.24) is 24.6 Å². The molecule has 2 atom stereocenters. The van der Waals surface area contributed by atoms with Crippen LogP contribution in [0, 0.1) is 0 Å². The number of aromatic nitrogens is 3. The van der Waals surface area contributed by atoms with E-state index in [-0.39, 0.29) is 18.0 Å². The van der Waals surface area contributed by atoms with Gasteiger partial charge in [-0.2, -0.15) is 0 Å². The van der Waals surface area contributed by atoms with Crippen LogP contribution >= 0.6 is 0 Å². The van der Waals surface area contributed by atoms with Crippen LogP contribution in [0.3, 0.4) is 0 Å². The number of benzene rings is 1. The van der Waals surface area contributed by atoms with E-state index >= 15 is 0 Å². The second kappa shape index (κ2) is 6.03. The Morgan fingerprint density at radius 3 is 2.70 bits per heavy atom. The summed E-state index contributed by atoms with van der Waals surface area (Å²) in [6, 6.07) is 12.4. The van der Waals surface area contributed by atoms with Crippen LogP contribution in [0.1, 0.15) is 24.2 Å². The van der Waals surface area contributed by atoms with Gasteiger partial charge in [-0.05, 0) is 38.1 Å². The Hall–Kier alpha value is -2.99. The first kappa shape index (κ1) is 16.2. The van der Waals surface area contributed by atoms with Crippen molar-refractivity contribution in [1.29, 1.82) is 0 Å². The summed E-state index contributed by atoms with van der Waals surface area (Å²) in [6.45, 7) is 5.61. The molecule has 4 aromatic rings. The third-order valence-electron chi connectivity index (χ3n) is 5.25. The normalized spacial score (nSPS) is 20.6. The molecular formula is C21H21N5O. The van der Waals surface area contributed by atoms with Crippen molar-refractivity contribution >= 4 is 33.5 Å². The molecule has 1 saturated heterocycles. The van der Waals surface area contributed by atoms with E-state index < -0.39 is 0 Å². The number of hydrogen-bond donors (Lipinski definition) is 1. The minimum Gasteiger partial charge on any atom is -0.335 e. The molecule has 3 aromatic heterocycles. The number of nitrogens with zero attached hydrogens (tertiary/aromatic N) is 4. The summed E-state index contributed by atoms with van der Waals surface area (Å²) in [4.78, 5) is 24.4. The van der Waals surface area contributed by atoms with Gasteiger partial charge in [0.2, 0.25) is 0 Å².